The van der Waals surface area contributed by atoms with Crippen LogP contribution < -0.4 is 5.32 Å². The molecule has 0 heterocycles. The molecule has 3 heteroatoms. The summed E-state index contributed by atoms with van der Waals surface area (Å²) in [4.78, 5) is 0. The molecule has 0 radical (unpaired) electrons. The van der Waals surface area contributed by atoms with Crippen LogP contribution in [0.4, 0.5) is 0 Å². The summed E-state index contributed by atoms with van der Waals surface area (Å²) in [6.07, 6.45) is 5.69. The third kappa shape index (κ3) is 5.23. The maximum absolute atomic E-state index is 9.82. The van der Waals surface area contributed by atoms with Gasteiger partial charge >= 0.3 is 0 Å². The number of rotatable bonds is 6. The lowest BCUT2D eigenvalue weighted by molar-refractivity contribution is 0.0858. The summed E-state index contributed by atoms with van der Waals surface area (Å²) in [6.45, 7) is 4.44. The van der Waals surface area contributed by atoms with Gasteiger partial charge in [0.15, 0.2) is 0 Å². The third-order valence-electron chi connectivity index (χ3n) is 3.13. The van der Waals surface area contributed by atoms with Crippen LogP contribution in [-0.4, -0.2) is 34.8 Å². The molecule has 0 saturated heterocycles. The first-order valence-corrected chi connectivity index (χ1v) is 7.41. The molecule has 0 aromatic rings. The Bertz CT molecular complexity index is 166. The molecule has 90 valence electrons. The second kappa shape index (κ2) is 7.53. The third-order valence-corrected chi connectivity index (χ3v) is 4.06. The molecule has 0 amide bonds. The monoisotopic (exact) mass is 231 g/mol. The van der Waals surface area contributed by atoms with Gasteiger partial charge in [0.05, 0.1) is 6.10 Å². The van der Waals surface area contributed by atoms with Crippen molar-refractivity contribution >= 4 is 11.8 Å². The molecular weight excluding hydrogens is 206 g/mol. The first kappa shape index (κ1) is 13.3. The van der Waals surface area contributed by atoms with Crippen molar-refractivity contribution in [2.45, 2.75) is 64.1 Å². The summed E-state index contributed by atoms with van der Waals surface area (Å²) in [7, 11) is 0. The molecule has 1 fully saturated rings. The molecule has 0 aromatic carbocycles. The molecule has 1 aliphatic rings. The lowest BCUT2D eigenvalue weighted by Gasteiger charge is -2.31. The van der Waals surface area contributed by atoms with Crippen molar-refractivity contribution in [1.29, 1.82) is 0 Å². The molecule has 2 nitrogen and oxygen atoms in total. The largest absolute Gasteiger partial charge is 0.392 e. The van der Waals surface area contributed by atoms with Crippen LogP contribution in [0.3, 0.4) is 0 Å². The van der Waals surface area contributed by atoms with Gasteiger partial charge < -0.3 is 10.4 Å². The molecule has 0 bridgehead atoms. The fourth-order valence-corrected chi connectivity index (χ4v) is 2.97. The summed E-state index contributed by atoms with van der Waals surface area (Å²) >= 11 is 2.00. The van der Waals surface area contributed by atoms with Crippen LogP contribution in [0.2, 0.25) is 0 Å². The minimum absolute atomic E-state index is 0.111. The van der Waals surface area contributed by atoms with Gasteiger partial charge in [0.25, 0.3) is 0 Å². The second-order valence-corrected chi connectivity index (χ2v) is 5.91. The lowest BCUT2D eigenvalue weighted by atomic mass is 9.92. The van der Waals surface area contributed by atoms with Gasteiger partial charge in [-0.3, -0.25) is 0 Å². The maximum Gasteiger partial charge on any atom is 0.0693 e. The minimum Gasteiger partial charge on any atom is -0.392 e. The van der Waals surface area contributed by atoms with Gasteiger partial charge in [-0.2, -0.15) is 11.8 Å². The Morgan fingerprint density at radius 3 is 2.80 bits per heavy atom. The molecule has 0 aliphatic heterocycles. The van der Waals surface area contributed by atoms with Crippen molar-refractivity contribution in [3.8, 4) is 0 Å². The molecule has 1 aliphatic carbocycles. The molecule has 3 atom stereocenters. The highest BCUT2D eigenvalue weighted by atomic mass is 32.2. The normalized spacial score (nSPS) is 29.0. The van der Waals surface area contributed by atoms with Crippen molar-refractivity contribution in [3.63, 3.8) is 0 Å². The standard InChI is InChI=1S/C12H25NOS/c1-3-15-9-8-10(2)13-11-6-4-5-7-12(11)14/h10-14H,3-9H2,1-2H3/t10?,11-,12-/m0/s1. The first-order valence-electron chi connectivity index (χ1n) is 6.26. The van der Waals surface area contributed by atoms with Crippen LogP contribution in [-0.2, 0) is 0 Å². The smallest absolute Gasteiger partial charge is 0.0693 e. The zero-order valence-corrected chi connectivity index (χ0v) is 10.9. The van der Waals surface area contributed by atoms with Gasteiger partial charge in [-0.05, 0) is 37.7 Å². The van der Waals surface area contributed by atoms with Gasteiger partial charge in [0.1, 0.15) is 0 Å². The van der Waals surface area contributed by atoms with Gasteiger partial charge in [-0.1, -0.05) is 19.8 Å². The average molecular weight is 231 g/mol. The van der Waals surface area contributed by atoms with Crippen LogP contribution in [0.1, 0.15) is 46.0 Å². The Morgan fingerprint density at radius 1 is 1.40 bits per heavy atom. The predicted octanol–water partition coefficient (Wildman–Crippen LogP) is 2.41. The molecule has 2 N–H and O–H groups in total. The van der Waals surface area contributed by atoms with E-state index in [-0.39, 0.29) is 6.10 Å². The van der Waals surface area contributed by atoms with E-state index in [2.05, 4.69) is 19.2 Å². The van der Waals surface area contributed by atoms with Crippen molar-refractivity contribution < 1.29 is 5.11 Å². The van der Waals surface area contributed by atoms with E-state index in [0.29, 0.717) is 12.1 Å². The number of nitrogens with one attached hydrogen (secondary N) is 1. The fourth-order valence-electron chi connectivity index (χ4n) is 2.16. The van der Waals surface area contributed by atoms with Crippen molar-refractivity contribution in [3.05, 3.63) is 0 Å². The molecule has 1 saturated carbocycles. The van der Waals surface area contributed by atoms with E-state index in [0.717, 1.165) is 12.8 Å². The minimum atomic E-state index is -0.111. The van der Waals surface area contributed by atoms with Crippen LogP contribution in [0.25, 0.3) is 0 Å². The highest BCUT2D eigenvalue weighted by molar-refractivity contribution is 7.99. The summed E-state index contributed by atoms with van der Waals surface area (Å²) in [5.41, 5.74) is 0. The molecule has 15 heavy (non-hydrogen) atoms. The van der Waals surface area contributed by atoms with E-state index in [4.69, 9.17) is 0 Å². The van der Waals surface area contributed by atoms with Crippen molar-refractivity contribution in [2.75, 3.05) is 11.5 Å². The molecule has 0 spiro atoms. The Balaban J connectivity index is 2.15. The Hall–Kier alpha value is 0.270. The maximum atomic E-state index is 9.82. The van der Waals surface area contributed by atoms with Crippen LogP contribution in [0.5, 0.6) is 0 Å². The highest BCUT2D eigenvalue weighted by Crippen LogP contribution is 2.19. The quantitative estimate of drug-likeness (QED) is 0.689. The predicted molar refractivity (Wildman–Crippen MR) is 68.5 cm³/mol. The number of aliphatic hydroxyl groups is 1. The van der Waals surface area contributed by atoms with Gasteiger partial charge in [-0.15, -0.1) is 0 Å². The van der Waals surface area contributed by atoms with Crippen LogP contribution in [0, 0.1) is 0 Å². The number of aliphatic hydroxyl groups excluding tert-OH is 1. The molecular formula is C12H25NOS. The Labute approximate surface area is 98.2 Å². The van der Waals surface area contributed by atoms with Gasteiger partial charge in [0.2, 0.25) is 0 Å². The summed E-state index contributed by atoms with van der Waals surface area (Å²) < 4.78 is 0. The first-order chi connectivity index (χ1) is 7.24. The summed E-state index contributed by atoms with van der Waals surface area (Å²) in [5.74, 6) is 2.44. The summed E-state index contributed by atoms with van der Waals surface area (Å²) in [6, 6.07) is 0.891. The van der Waals surface area contributed by atoms with E-state index >= 15 is 0 Å². The highest BCUT2D eigenvalue weighted by Gasteiger charge is 2.23. The fraction of sp³-hybridized carbons (Fsp3) is 1.00. The van der Waals surface area contributed by atoms with Gasteiger partial charge in [0, 0.05) is 12.1 Å². The molecule has 1 rings (SSSR count). The summed E-state index contributed by atoms with van der Waals surface area (Å²) in [5, 5.41) is 13.4. The number of hydrogen-bond acceptors (Lipinski definition) is 3. The van der Waals surface area contributed by atoms with Crippen LogP contribution in [0.15, 0.2) is 0 Å². The van der Waals surface area contributed by atoms with E-state index < -0.39 is 0 Å². The lowest BCUT2D eigenvalue weighted by Crippen LogP contribution is -2.46. The topological polar surface area (TPSA) is 32.3 Å². The van der Waals surface area contributed by atoms with E-state index in [1.807, 2.05) is 11.8 Å². The zero-order chi connectivity index (χ0) is 11.1. The van der Waals surface area contributed by atoms with Crippen LogP contribution >= 0.6 is 11.8 Å². The number of hydrogen-bond donors (Lipinski definition) is 2. The van der Waals surface area contributed by atoms with E-state index in [9.17, 15) is 5.11 Å². The van der Waals surface area contributed by atoms with E-state index in [1.54, 1.807) is 0 Å². The van der Waals surface area contributed by atoms with Gasteiger partial charge in [-0.25, -0.2) is 0 Å². The van der Waals surface area contributed by atoms with Crippen molar-refractivity contribution in [1.82, 2.24) is 5.32 Å². The zero-order valence-electron chi connectivity index (χ0n) is 10.0. The Morgan fingerprint density at radius 2 is 2.13 bits per heavy atom. The second-order valence-electron chi connectivity index (χ2n) is 4.51. The average Bonchev–Trinajstić information content (AvgIpc) is 2.22. The molecule has 0 aromatic heterocycles. The van der Waals surface area contributed by atoms with Crippen molar-refractivity contribution in [2.24, 2.45) is 0 Å². The SMILES string of the molecule is CCSCCC(C)N[C@H]1CCCC[C@@H]1O. The van der Waals surface area contributed by atoms with E-state index in [1.165, 1.54) is 30.8 Å². The number of thioether (sulfide) groups is 1. The Kier molecular flexibility index (Phi) is 6.69. The molecule has 1 unspecified atom stereocenters.